The number of hydrogen-bond donors (Lipinski definition) is 1. The Morgan fingerprint density at radius 2 is 1.81 bits per heavy atom. The third-order valence-electron chi connectivity index (χ3n) is 4.88. The van der Waals surface area contributed by atoms with Crippen molar-refractivity contribution in [2.75, 3.05) is 25.6 Å². The molecule has 1 unspecified atom stereocenters. The van der Waals surface area contributed by atoms with Crippen LogP contribution in [0.2, 0.25) is 0 Å². The van der Waals surface area contributed by atoms with E-state index in [1.54, 1.807) is 37.6 Å². The summed E-state index contributed by atoms with van der Waals surface area (Å²) in [4.78, 5) is 0. The van der Waals surface area contributed by atoms with Crippen LogP contribution in [-0.2, 0) is 13.6 Å². The lowest BCUT2D eigenvalue weighted by Gasteiger charge is -2.28. The van der Waals surface area contributed by atoms with Crippen LogP contribution >= 0.6 is 7.60 Å². The first-order chi connectivity index (χ1) is 15.5. The molecule has 168 valence electrons. The number of anilines is 1. The lowest BCUT2D eigenvalue weighted by Crippen LogP contribution is -2.17. The summed E-state index contributed by atoms with van der Waals surface area (Å²) in [5.74, 6) is -0.682. The molecule has 2 heterocycles. The van der Waals surface area contributed by atoms with Crippen LogP contribution in [0.1, 0.15) is 25.2 Å². The van der Waals surface area contributed by atoms with Gasteiger partial charge in [0.05, 0.1) is 25.8 Å². The fraction of sp³-hybridized carbons (Fsp3) is 0.286. The minimum Gasteiger partial charge on any atom is -0.497 e. The summed E-state index contributed by atoms with van der Waals surface area (Å²) in [5.41, 5.74) is 2.15. The molecule has 0 spiro atoms. The quantitative estimate of drug-likeness (QED) is 0.356. The zero-order chi connectivity index (χ0) is 22.7. The van der Waals surface area contributed by atoms with Crippen LogP contribution in [0.4, 0.5) is 10.1 Å². The first-order valence-electron chi connectivity index (χ1n) is 10.1. The molecule has 0 aliphatic rings. The summed E-state index contributed by atoms with van der Waals surface area (Å²) in [7, 11) is -2.16. The van der Waals surface area contributed by atoms with Crippen molar-refractivity contribution in [3.05, 3.63) is 59.9 Å². The molecule has 2 aromatic carbocycles. The Morgan fingerprint density at radius 3 is 2.47 bits per heavy atom. The van der Waals surface area contributed by atoms with E-state index in [0.29, 0.717) is 22.6 Å². The highest BCUT2D eigenvalue weighted by Gasteiger charge is 2.39. The van der Waals surface area contributed by atoms with Crippen molar-refractivity contribution in [2.24, 2.45) is 0 Å². The number of tetrazole rings is 1. The molecule has 0 aliphatic heterocycles. The van der Waals surface area contributed by atoms with Crippen molar-refractivity contribution >= 4 is 29.8 Å². The summed E-state index contributed by atoms with van der Waals surface area (Å²) in [5, 5.41) is 16.1. The Morgan fingerprint density at radius 1 is 1.09 bits per heavy atom. The number of pyridine rings is 1. The smallest absolute Gasteiger partial charge is 0.357 e. The van der Waals surface area contributed by atoms with E-state index in [2.05, 4.69) is 20.8 Å². The highest BCUT2D eigenvalue weighted by Crippen LogP contribution is 2.61. The summed E-state index contributed by atoms with van der Waals surface area (Å²) < 4.78 is 45.5. The molecule has 0 saturated carbocycles. The number of methoxy groups -OCH3 is 1. The van der Waals surface area contributed by atoms with Crippen molar-refractivity contribution in [3.8, 4) is 5.75 Å². The minimum absolute atomic E-state index is 0.172. The van der Waals surface area contributed by atoms with Gasteiger partial charge in [-0.1, -0.05) is 0 Å². The average molecular weight is 459 g/mol. The fourth-order valence-electron chi connectivity index (χ4n) is 3.50. The fourth-order valence-corrected chi connectivity index (χ4v) is 5.43. The van der Waals surface area contributed by atoms with Gasteiger partial charge in [-0.05, 0) is 66.7 Å². The number of fused-ring (bicyclic) bond motifs is 3. The van der Waals surface area contributed by atoms with Gasteiger partial charge in [-0.3, -0.25) is 4.57 Å². The van der Waals surface area contributed by atoms with Crippen LogP contribution in [0, 0.1) is 5.82 Å². The second-order valence-corrected chi connectivity index (χ2v) is 8.98. The van der Waals surface area contributed by atoms with Crippen LogP contribution in [0.3, 0.4) is 0 Å². The maximum atomic E-state index is 13.9. The number of halogens is 1. The second kappa shape index (κ2) is 9.20. The maximum absolute atomic E-state index is 13.9. The SMILES string of the molecule is CCOP(=O)(OCC)C(Nc1ccc(F)cc1)c1cc2ccc(OC)cc2n2nnnc12. The van der Waals surface area contributed by atoms with Crippen molar-refractivity contribution in [2.45, 2.75) is 19.6 Å². The summed E-state index contributed by atoms with van der Waals surface area (Å²) in [6.07, 6.45) is 0. The van der Waals surface area contributed by atoms with E-state index >= 15 is 0 Å². The van der Waals surface area contributed by atoms with E-state index in [9.17, 15) is 8.96 Å². The third kappa shape index (κ3) is 4.17. The summed E-state index contributed by atoms with van der Waals surface area (Å²) in [6, 6.07) is 13.1. The number of hydrogen-bond acceptors (Lipinski definition) is 8. The van der Waals surface area contributed by atoms with Gasteiger partial charge in [0.15, 0.2) is 11.4 Å². The Labute approximate surface area is 184 Å². The molecule has 4 aromatic rings. The molecule has 0 aliphatic carbocycles. The number of aromatic nitrogens is 4. The molecule has 11 heteroatoms. The Balaban J connectivity index is 1.94. The molecule has 0 saturated heterocycles. The van der Waals surface area contributed by atoms with Crippen molar-refractivity contribution in [3.63, 3.8) is 0 Å². The molecule has 32 heavy (non-hydrogen) atoms. The van der Waals surface area contributed by atoms with Gasteiger partial charge in [0.25, 0.3) is 0 Å². The van der Waals surface area contributed by atoms with Gasteiger partial charge in [0.1, 0.15) is 11.6 Å². The van der Waals surface area contributed by atoms with Crippen molar-refractivity contribution < 1.29 is 22.7 Å². The first-order valence-corrected chi connectivity index (χ1v) is 11.7. The number of rotatable bonds is 9. The zero-order valence-electron chi connectivity index (χ0n) is 17.9. The second-order valence-electron chi connectivity index (χ2n) is 6.87. The summed E-state index contributed by atoms with van der Waals surface area (Å²) in [6.45, 7) is 3.82. The van der Waals surface area contributed by atoms with E-state index < -0.39 is 13.4 Å². The minimum atomic E-state index is -3.74. The number of nitrogens with zero attached hydrogens (tertiary/aromatic N) is 4. The van der Waals surface area contributed by atoms with Crippen LogP contribution < -0.4 is 10.1 Å². The van der Waals surface area contributed by atoms with Crippen molar-refractivity contribution in [1.29, 1.82) is 0 Å². The van der Waals surface area contributed by atoms with Gasteiger partial charge >= 0.3 is 7.60 Å². The molecule has 9 nitrogen and oxygen atoms in total. The number of ether oxygens (including phenoxy) is 1. The molecular weight excluding hydrogens is 436 g/mol. The van der Waals surface area contributed by atoms with Gasteiger partial charge in [-0.15, -0.1) is 5.10 Å². The highest BCUT2D eigenvalue weighted by atomic mass is 31.2. The van der Waals surface area contributed by atoms with Gasteiger partial charge in [0.2, 0.25) is 0 Å². The van der Waals surface area contributed by atoms with Gasteiger partial charge < -0.3 is 19.1 Å². The monoisotopic (exact) mass is 459 g/mol. The van der Waals surface area contributed by atoms with Crippen LogP contribution in [0.5, 0.6) is 5.75 Å². The highest BCUT2D eigenvalue weighted by molar-refractivity contribution is 7.54. The Kier molecular flexibility index (Phi) is 6.36. The Hall–Kier alpha value is -3.07. The lowest BCUT2D eigenvalue weighted by atomic mass is 10.1. The molecular formula is C21H23FN5O4P. The standard InChI is InChI=1S/C21H23FN5O4P/c1-4-30-32(28,31-5-2)21(23-16-9-7-15(22)8-10-16)18-12-14-6-11-17(29-3)13-19(14)27-20(18)24-25-26-27/h6-13,21,23H,4-5H2,1-3H3. The Bertz CT molecular complexity index is 1270. The molecule has 0 amide bonds. The zero-order valence-corrected chi connectivity index (χ0v) is 18.8. The van der Waals surface area contributed by atoms with E-state index in [1.165, 1.54) is 12.1 Å². The van der Waals surface area contributed by atoms with Crippen molar-refractivity contribution in [1.82, 2.24) is 20.0 Å². The molecule has 1 atom stereocenters. The van der Waals surface area contributed by atoms with E-state index in [-0.39, 0.29) is 19.0 Å². The van der Waals surface area contributed by atoms with Crippen LogP contribution in [0.25, 0.3) is 16.6 Å². The molecule has 0 fully saturated rings. The average Bonchev–Trinajstić information content (AvgIpc) is 3.29. The third-order valence-corrected chi connectivity index (χ3v) is 7.16. The van der Waals surface area contributed by atoms with E-state index in [1.807, 2.05) is 24.3 Å². The topological polar surface area (TPSA) is 99.9 Å². The number of benzene rings is 2. The van der Waals surface area contributed by atoms with Crippen LogP contribution in [-0.4, -0.2) is 40.4 Å². The van der Waals surface area contributed by atoms with E-state index in [0.717, 1.165) is 10.9 Å². The lowest BCUT2D eigenvalue weighted by molar-refractivity contribution is 0.214. The molecule has 0 radical (unpaired) electrons. The maximum Gasteiger partial charge on any atom is 0.357 e. The van der Waals surface area contributed by atoms with Gasteiger partial charge in [-0.25, -0.2) is 4.39 Å². The molecule has 1 N–H and O–H groups in total. The molecule has 4 rings (SSSR count). The van der Waals surface area contributed by atoms with Gasteiger partial charge in [0, 0.05) is 22.7 Å². The largest absolute Gasteiger partial charge is 0.497 e. The molecule has 2 aromatic heterocycles. The number of nitrogens with one attached hydrogen (secondary N) is 1. The predicted molar refractivity (Wildman–Crippen MR) is 118 cm³/mol. The predicted octanol–water partition coefficient (Wildman–Crippen LogP) is 4.80. The van der Waals surface area contributed by atoms with Crippen LogP contribution in [0.15, 0.2) is 48.5 Å². The normalized spacial score (nSPS) is 12.9. The first kappa shape index (κ1) is 22.1. The molecule has 0 bridgehead atoms. The van der Waals surface area contributed by atoms with E-state index in [4.69, 9.17) is 13.8 Å². The summed E-state index contributed by atoms with van der Waals surface area (Å²) >= 11 is 0. The van der Waals surface area contributed by atoms with Gasteiger partial charge in [-0.2, -0.15) is 4.52 Å².